The Morgan fingerprint density at radius 3 is 1.73 bits per heavy atom. The Morgan fingerprint density at radius 1 is 0.690 bits per heavy atom. The zero-order chi connectivity index (χ0) is 50.6. The maximum absolute atomic E-state index is 13.1. The Hall–Kier alpha value is -1.78. The van der Waals surface area contributed by atoms with Crippen LogP contribution in [0.1, 0.15) is 34.6 Å². The van der Waals surface area contributed by atoms with Gasteiger partial charge in [0.15, 0.2) is 11.6 Å². The number of aliphatic carboxylic acids is 1. The summed E-state index contributed by atoms with van der Waals surface area (Å²) in [5.74, 6) is -1.91. The molecule has 8 saturated heterocycles. The van der Waals surface area contributed by atoms with Gasteiger partial charge in [-0.2, -0.15) is 5.01 Å². The minimum atomic E-state index is -0.853. The summed E-state index contributed by atoms with van der Waals surface area (Å²) < 4.78 is 7.84. The van der Waals surface area contributed by atoms with Crippen molar-refractivity contribution >= 4 is 11.9 Å². The van der Waals surface area contributed by atoms with Crippen LogP contribution in [0.15, 0.2) is 0 Å². The van der Waals surface area contributed by atoms with E-state index in [2.05, 4.69) is 92.4 Å². The van der Waals surface area contributed by atoms with E-state index in [-0.39, 0.29) is 19.1 Å². The molecule has 0 aliphatic carbocycles. The molecule has 0 bridgehead atoms. The lowest BCUT2D eigenvalue weighted by molar-refractivity contribution is -1.08. The second kappa shape index (κ2) is 23.6. The first-order valence-corrected chi connectivity index (χ1v) is 27.8. The summed E-state index contributed by atoms with van der Waals surface area (Å²) in [6.45, 7) is 41.6. The van der Waals surface area contributed by atoms with Gasteiger partial charge in [0.1, 0.15) is 32.7 Å². The Morgan fingerprint density at radius 2 is 1.21 bits per heavy atom. The molecule has 2 atom stereocenters. The van der Waals surface area contributed by atoms with Crippen LogP contribution in [0, 0.1) is 0 Å². The number of β-amino-alcohol motifs (C(OH)–C–C–N with tert-alkyl or cyclic N) is 1. The van der Waals surface area contributed by atoms with Crippen molar-refractivity contribution in [2.75, 3.05) is 250 Å². The molecule has 0 radical (unpaired) electrons. The van der Waals surface area contributed by atoms with Crippen LogP contribution < -0.4 is 11.1 Å². The Balaban J connectivity index is 1.12. The second-order valence-corrected chi connectivity index (χ2v) is 23.0. The number of carboxylic acids is 1. The van der Waals surface area contributed by atoms with E-state index in [1.54, 1.807) is 0 Å². The number of carboxylic acid groups (broad SMARTS) is 1. The molecule has 408 valence electrons. The van der Waals surface area contributed by atoms with Crippen LogP contribution in [0.5, 0.6) is 0 Å². The van der Waals surface area contributed by atoms with Gasteiger partial charge in [0, 0.05) is 151 Å². The van der Waals surface area contributed by atoms with Crippen molar-refractivity contribution < 1.29 is 33.7 Å². The molecule has 8 aliphatic heterocycles. The Labute approximate surface area is 427 Å². The standard InChI is InChI=1S/C49H98N17O5/c1-8-65(62-29-19-56(20-30-62)46(70)47(4,5)50)38-33-63(34-39-65)66(40-42-71-7)36-31-61(32-37-66)64-10-9-51-48(57-21-11-52(6)12-22-57,58-23-15-54(16-24-58)43-45(68)69)49(64,59-25-13-53(14-26-59)35-41-67)60-27-17-55(18-28-60)44(2)3/h44,51,67H,8-43,50H2,1-7H3/q+1/p+1. The summed E-state index contributed by atoms with van der Waals surface area (Å²) in [5.41, 5.74) is 5.40. The van der Waals surface area contributed by atoms with Crippen LogP contribution in [0.2, 0.25) is 0 Å². The Kier molecular flexibility index (Phi) is 18.5. The average molecular weight is 1010 g/mol. The number of likely N-dealkylation sites (N-methyl/N-ethyl adjacent to an activating group) is 2. The number of quaternary nitrogens is 2. The number of hydrogen-bond acceptors (Lipinski definition) is 18. The summed E-state index contributed by atoms with van der Waals surface area (Å²) in [5, 5.41) is 35.7. The number of nitrogens with zero attached hydrogens (tertiary/aromatic N) is 15. The highest BCUT2D eigenvalue weighted by molar-refractivity contribution is 5.85. The normalized spacial score (nSPS) is 31.4. The molecule has 0 spiro atoms. The molecule has 0 aromatic heterocycles. The number of amides is 1. The molecular weight excluding hydrogens is 907 g/mol. The van der Waals surface area contributed by atoms with Crippen LogP contribution in [0.3, 0.4) is 0 Å². The fourth-order valence-electron chi connectivity index (χ4n) is 14.2. The molecule has 0 aromatic carbocycles. The third-order valence-corrected chi connectivity index (χ3v) is 18.4. The van der Waals surface area contributed by atoms with Crippen molar-refractivity contribution in [2.24, 2.45) is 5.73 Å². The zero-order valence-corrected chi connectivity index (χ0v) is 45.4. The molecule has 22 nitrogen and oxygen atoms in total. The van der Waals surface area contributed by atoms with Gasteiger partial charge in [0.2, 0.25) is 5.91 Å². The molecule has 22 heteroatoms. The highest BCUT2D eigenvalue weighted by Crippen LogP contribution is 2.46. The van der Waals surface area contributed by atoms with E-state index in [0.29, 0.717) is 32.3 Å². The third kappa shape index (κ3) is 11.2. The van der Waals surface area contributed by atoms with E-state index >= 15 is 0 Å². The highest BCUT2D eigenvalue weighted by Gasteiger charge is 2.70. The van der Waals surface area contributed by atoms with Crippen molar-refractivity contribution in [1.82, 2.24) is 69.5 Å². The van der Waals surface area contributed by atoms with Gasteiger partial charge in [-0.25, -0.2) is 19.2 Å². The van der Waals surface area contributed by atoms with Crippen LogP contribution in [0.25, 0.3) is 0 Å². The van der Waals surface area contributed by atoms with Gasteiger partial charge in [-0.15, -0.1) is 5.01 Å². The largest absolute Gasteiger partial charge is 0.480 e. The summed E-state index contributed by atoms with van der Waals surface area (Å²) >= 11 is 0. The molecule has 8 aliphatic rings. The number of hydrogen-bond donors (Lipinski definition) is 4. The minimum absolute atomic E-state index is 0.0435. The van der Waals surface area contributed by atoms with Crippen molar-refractivity contribution in [3.05, 3.63) is 0 Å². The van der Waals surface area contributed by atoms with E-state index < -0.39 is 23.1 Å². The molecule has 1 amide bonds. The predicted molar refractivity (Wildman–Crippen MR) is 275 cm³/mol. The van der Waals surface area contributed by atoms with Gasteiger partial charge in [-0.1, -0.05) is 0 Å². The number of nitrogens with one attached hydrogen (secondary N) is 1. The first-order valence-electron chi connectivity index (χ1n) is 27.8. The number of carbonyl (C=O) groups excluding carboxylic acids is 1. The van der Waals surface area contributed by atoms with Crippen LogP contribution >= 0.6 is 0 Å². The number of piperazine rings is 8. The number of aliphatic hydroxyl groups excluding tert-OH is 1. The van der Waals surface area contributed by atoms with Crippen molar-refractivity contribution in [3.8, 4) is 0 Å². The first-order chi connectivity index (χ1) is 34.1. The fourth-order valence-corrected chi connectivity index (χ4v) is 14.2. The number of carbonyl (C=O) groups is 2. The summed E-state index contributed by atoms with van der Waals surface area (Å²) in [7, 11) is 4.11. The average Bonchev–Trinajstić information content (AvgIpc) is 3.38. The van der Waals surface area contributed by atoms with Crippen LogP contribution in [-0.2, 0) is 14.3 Å². The van der Waals surface area contributed by atoms with E-state index in [4.69, 9.17) is 10.5 Å². The van der Waals surface area contributed by atoms with E-state index in [1.165, 1.54) is 0 Å². The van der Waals surface area contributed by atoms with Gasteiger partial charge in [-0.3, -0.25) is 49.2 Å². The van der Waals surface area contributed by atoms with Crippen LogP contribution in [-0.4, -0.2) is 368 Å². The molecule has 0 aromatic rings. The molecule has 5 N–H and O–H groups in total. The SMILES string of the molecule is CC[N+]1(N2CCN(C(=O)C(C)(C)N)CC2)CCN([N+]2(CCOC)CCN(N3CCNC(N4CCN(C)CC4)(N4CCN(CC(=O)O)CC4)C3(N3CCN(CCO)CC3)N3CCN(C(C)C)CC3)CC2)CC1. The lowest BCUT2D eigenvalue weighted by Gasteiger charge is -2.74. The fraction of sp³-hybridized carbons (Fsp3) is 0.959. The monoisotopic (exact) mass is 1010 g/mol. The quantitative estimate of drug-likeness (QED) is 0.106. The van der Waals surface area contributed by atoms with Gasteiger partial charge >= 0.3 is 5.97 Å². The molecule has 8 heterocycles. The van der Waals surface area contributed by atoms with Crippen molar-refractivity contribution in [2.45, 2.75) is 57.8 Å². The van der Waals surface area contributed by atoms with Gasteiger partial charge < -0.3 is 30.5 Å². The lowest BCUT2D eigenvalue weighted by atomic mass is 9.93. The molecule has 71 heavy (non-hydrogen) atoms. The molecule has 8 rings (SSSR count). The molecular formula is C49H99N17O5+2. The molecule has 0 saturated carbocycles. The first kappa shape index (κ1) is 55.5. The smallest absolute Gasteiger partial charge is 0.317 e. The minimum Gasteiger partial charge on any atom is -0.480 e. The summed E-state index contributed by atoms with van der Waals surface area (Å²) in [6, 6.07) is 0.474. The number of hydrazine groups is 1. The number of ether oxygens (including phenoxy) is 1. The Bertz CT molecular complexity index is 1690. The van der Waals surface area contributed by atoms with Crippen LogP contribution in [0.4, 0.5) is 0 Å². The van der Waals surface area contributed by atoms with E-state index in [0.717, 1.165) is 206 Å². The molecule has 2 unspecified atom stereocenters. The van der Waals surface area contributed by atoms with Gasteiger partial charge in [-0.05, 0) is 41.7 Å². The zero-order valence-electron chi connectivity index (χ0n) is 45.4. The summed E-state index contributed by atoms with van der Waals surface area (Å²) in [6.07, 6.45) is 0. The van der Waals surface area contributed by atoms with Crippen molar-refractivity contribution in [1.29, 1.82) is 0 Å². The number of rotatable bonds is 17. The lowest BCUT2D eigenvalue weighted by Crippen LogP contribution is -2.97. The van der Waals surface area contributed by atoms with Gasteiger partial charge in [0.25, 0.3) is 0 Å². The number of aliphatic hydroxyl groups is 1. The third-order valence-electron chi connectivity index (χ3n) is 18.4. The highest BCUT2D eigenvalue weighted by atomic mass is 16.5. The topological polar surface area (TPSA) is 164 Å². The molecule has 8 fully saturated rings. The maximum Gasteiger partial charge on any atom is 0.317 e. The summed E-state index contributed by atoms with van der Waals surface area (Å²) in [4.78, 5) is 48.3. The van der Waals surface area contributed by atoms with Gasteiger partial charge in [0.05, 0.1) is 71.1 Å². The predicted octanol–water partition coefficient (Wildman–Crippen LogP) is -3.66. The van der Waals surface area contributed by atoms with Crippen molar-refractivity contribution in [3.63, 3.8) is 0 Å². The van der Waals surface area contributed by atoms with E-state index in [1.807, 2.05) is 25.9 Å². The number of methoxy groups -OCH3 is 1. The van der Waals surface area contributed by atoms with E-state index in [9.17, 15) is 19.8 Å². The number of nitrogens with two attached hydrogens (primary N) is 1. The maximum atomic E-state index is 13.1. The second-order valence-electron chi connectivity index (χ2n) is 23.0.